The molecule has 2 aromatic carbocycles. The van der Waals surface area contributed by atoms with E-state index in [9.17, 15) is 4.79 Å². The van der Waals surface area contributed by atoms with Crippen molar-refractivity contribution >= 4 is 29.1 Å². The zero-order valence-electron chi connectivity index (χ0n) is 16.0. The molecule has 0 atom stereocenters. The average molecular weight is 416 g/mol. The SMILES string of the molecule is CCCN(CCC)C(=O)c1cc(-c2ccccc2Cl)nn1-c1cccc(Cl)c1. The minimum absolute atomic E-state index is 0.0468. The van der Waals surface area contributed by atoms with Crippen molar-refractivity contribution < 1.29 is 4.79 Å². The molecule has 1 amide bonds. The second-order valence-corrected chi connectivity index (χ2v) is 7.42. The molecule has 0 radical (unpaired) electrons. The minimum Gasteiger partial charge on any atom is -0.337 e. The summed E-state index contributed by atoms with van der Waals surface area (Å²) in [5.74, 6) is -0.0468. The van der Waals surface area contributed by atoms with Crippen molar-refractivity contribution in [1.82, 2.24) is 14.7 Å². The summed E-state index contributed by atoms with van der Waals surface area (Å²) in [6.07, 6.45) is 1.79. The molecule has 0 bridgehead atoms. The van der Waals surface area contributed by atoms with Crippen molar-refractivity contribution in [2.75, 3.05) is 13.1 Å². The lowest BCUT2D eigenvalue weighted by atomic mass is 10.1. The Hall–Kier alpha value is -2.30. The molecule has 1 aromatic heterocycles. The highest BCUT2D eigenvalue weighted by atomic mass is 35.5. The van der Waals surface area contributed by atoms with Crippen LogP contribution < -0.4 is 0 Å². The van der Waals surface area contributed by atoms with Crippen LogP contribution in [0.15, 0.2) is 54.6 Å². The smallest absolute Gasteiger partial charge is 0.272 e. The molecule has 1 heterocycles. The fourth-order valence-electron chi connectivity index (χ4n) is 3.16. The number of benzene rings is 2. The van der Waals surface area contributed by atoms with E-state index in [-0.39, 0.29) is 5.91 Å². The third-order valence-electron chi connectivity index (χ3n) is 4.41. The molecular formula is C22H23Cl2N3O. The first kappa shape index (κ1) is 20.4. The van der Waals surface area contributed by atoms with E-state index in [2.05, 4.69) is 13.8 Å². The lowest BCUT2D eigenvalue weighted by Gasteiger charge is -2.21. The Balaban J connectivity index is 2.14. The van der Waals surface area contributed by atoms with Crippen LogP contribution in [0.2, 0.25) is 10.0 Å². The predicted molar refractivity (Wildman–Crippen MR) is 116 cm³/mol. The average Bonchev–Trinajstić information content (AvgIpc) is 3.13. The number of hydrogen-bond donors (Lipinski definition) is 0. The van der Waals surface area contributed by atoms with Gasteiger partial charge in [0.15, 0.2) is 0 Å². The molecule has 28 heavy (non-hydrogen) atoms. The van der Waals surface area contributed by atoms with Gasteiger partial charge in [-0.05, 0) is 43.2 Å². The van der Waals surface area contributed by atoms with Crippen LogP contribution in [0.5, 0.6) is 0 Å². The van der Waals surface area contributed by atoms with Crippen LogP contribution in [0.25, 0.3) is 16.9 Å². The zero-order valence-corrected chi connectivity index (χ0v) is 17.5. The standard InChI is InChI=1S/C22H23Cl2N3O/c1-3-12-26(13-4-2)22(28)21-15-20(18-10-5-6-11-19(18)24)25-27(21)17-9-7-8-16(23)14-17/h5-11,14-15H,3-4,12-13H2,1-2H3. The highest BCUT2D eigenvalue weighted by Crippen LogP contribution is 2.29. The molecule has 0 fully saturated rings. The molecule has 4 nitrogen and oxygen atoms in total. The molecule has 0 N–H and O–H groups in total. The van der Waals surface area contributed by atoms with E-state index in [0.717, 1.165) is 24.1 Å². The lowest BCUT2D eigenvalue weighted by molar-refractivity contribution is 0.0746. The van der Waals surface area contributed by atoms with E-state index in [0.29, 0.717) is 34.5 Å². The van der Waals surface area contributed by atoms with E-state index >= 15 is 0 Å². The van der Waals surface area contributed by atoms with Gasteiger partial charge >= 0.3 is 0 Å². The Labute approximate surface area is 175 Å². The van der Waals surface area contributed by atoms with Crippen LogP contribution in [-0.4, -0.2) is 33.7 Å². The first-order valence-electron chi connectivity index (χ1n) is 9.45. The van der Waals surface area contributed by atoms with Gasteiger partial charge in [0.25, 0.3) is 5.91 Å². The van der Waals surface area contributed by atoms with Crippen molar-refractivity contribution in [3.8, 4) is 16.9 Å². The largest absolute Gasteiger partial charge is 0.337 e. The summed E-state index contributed by atoms with van der Waals surface area (Å²) in [4.78, 5) is 15.2. The van der Waals surface area contributed by atoms with Crippen LogP contribution in [0.4, 0.5) is 0 Å². The van der Waals surface area contributed by atoms with Crippen molar-refractivity contribution in [2.24, 2.45) is 0 Å². The molecule has 146 valence electrons. The maximum Gasteiger partial charge on any atom is 0.272 e. The number of aromatic nitrogens is 2. The first-order valence-corrected chi connectivity index (χ1v) is 10.2. The summed E-state index contributed by atoms with van der Waals surface area (Å²) in [6.45, 7) is 5.54. The summed E-state index contributed by atoms with van der Waals surface area (Å²) in [7, 11) is 0. The van der Waals surface area contributed by atoms with E-state index in [1.165, 1.54) is 0 Å². The van der Waals surface area contributed by atoms with Gasteiger partial charge in [0.1, 0.15) is 5.69 Å². The van der Waals surface area contributed by atoms with E-state index in [1.807, 2.05) is 47.4 Å². The fourth-order valence-corrected chi connectivity index (χ4v) is 3.57. The molecule has 0 aliphatic rings. The van der Waals surface area contributed by atoms with E-state index in [4.69, 9.17) is 28.3 Å². The molecule has 6 heteroatoms. The van der Waals surface area contributed by atoms with Crippen LogP contribution >= 0.6 is 23.2 Å². The second-order valence-electron chi connectivity index (χ2n) is 6.58. The molecule has 0 saturated carbocycles. The Morgan fingerprint density at radius 1 is 1.00 bits per heavy atom. The van der Waals surface area contributed by atoms with Gasteiger partial charge in [0.05, 0.1) is 16.4 Å². The Morgan fingerprint density at radius 2 is 1.71 bits per heavy atom. The predicted octanol–water partition coefficient (Wildman–Crippen LogP) is 6.11. The Bertz CT molecular complexity index is 962. The summed E-state index contributed by atoms with van der Waals surface area (Å²) < 4.78 is 1.66. The Kier molecular flexibility index (Phi) is 6.76. The third kappa shape index (κ3) is 4.40. The monoisotopic (exact) mass is 415 g/mol. The molecule has 0 unspecified atom stereocenters. The maximum atomic E-state index is 13.3. The van der Waals surface area contributed by atoms with E-state index in [1.54, 1.807) is 16.8 Å². The highest BCUT2D eigenvalue weighted by Gasteiger charge is 2.22. The zero-order chi connectivity index (χ0) is 20.1. The van der Waals surface area contributed by atoms with Crippen molar-refractivity contribution in [1.29, 1.82) is 0 Å². The fraction of sp³-hybridized carbons (Fsp3) is 0.273. The van der Waals surface area contributed by atoms with Gasteiger partial charge in [0, 0.05) is 23.7 Å². The summed E-state index contributed by atoms with van der Waals surface area (Å²) >= 11 is 12.5. The Morgan fingerprint density at radius 3 is 2.36 bits per heavy atom. The van der Waals surface area contributed by atoms with Gasteiger partial charge in [0.2, 0.25) is 0 Å². The molecular weight excluding hydrogens is 393 g/mol. The first-order chi connectivity index (χ1) is 13.5. The quantitative estimate of drug-likeness (QED) is 0.466. The number of amides is 1. The molecule has 3 rings (SSSR count). The molecule has 0 saturated heterocycles. The number of nitrogens with zero attached hydrogens (tertiary/aromatic N) is 3. The number of hydrogen-bond acceptors (Lipinski definition) is 2. The van der Waals surface area contributed by atoms with Crippen molar-refractivity contribution in [2.45, 2.75) is 26.7 Å². The number of rotatable bonds is 7. The third-order valence-corrected chi connectivity index (χ3v) is 4.97. The van der Waals surface area contributed by atoms with Gasteiger partial charge in [-0.25, -0.2) is 4.68 Å². The number of carbonyl (C=O) groups is 1. The van der Waals surface area contributed by atoms with Crippen LogP contribution in [0, 0.1) is 0 Å². The summed E-state index contributed by atoms with van der Waals surface area (Å²) in [6, 6.07) is 16.6. The second kappa shape index (κ2) is 9.26. The van der Waals surface area contributed by atoms with Gasteiger partial charge in [-0.2, -0.15) is 5.10 Å². The number of carbonyl (C=O) groups excluding carboxylic acids is 1. The minimum atomic E-state index is -0.0468. The molecule has 3 aromatic rings. The summed E-state index contributed by atoms with van der Waals surface area (Å²) in [5, 5.41) is 5.88. The highest BCUT2D eigenvalue weighted by molar-refractivity contribution is 6.33. The van der Waals surface area contributed by atoms with Gasteiger partial charge in [-0.1, -0.05) is 61.3 Å². The van der Waals surface area contributed by atoms with Crippen LogP contribution in [0.3, 0.4) is 0 Å². The van der Waals surface area contributed by atoms with Gasteiger partial charge in [-0.3, -0.25) is 4.79 Å². The maximum absolute atomic E-state index is 13.3. The lowest BCUT2D eigenvalue weighted by Crippen LogP contribution is -2.33. The van der Waals surface area contributed by atoms with E-state index < -0.39 is 0 Å². The van der Waals surface area contributed by atoms with Crippen LogP contribution in [-0.2, 0) is 0 Å². The molecule has 0 aliphatic carbocycles. The van der Waals surface area contributed by atoms with Crippen LogP contribution in [0.1, 0.15) is 37.2 Å². The van der Waals surface area contributed by atoms with Gasteiger partial charge < -0.3 is 4.90 Å². The molecule has 0 aliphatic heterocycles. The van der Waals surface area contributed by atoms with Gasteiger partial charge in [-0.15, -0.1) is 0 Å². The topological polar surface area (TPSA) is 38.1 Å². The summed E-state index contributed by atoms with van der Waals surface area (Å²) in [5.41, 5.74) is 2.68. The number of halogens is 2. The normalized spacial score (nSPS) is 10.9. The van der Waals surface area contributed by atoms with Crippen molar-refractivity contribution in [3.63, 3.8) is 0 Å². The molecule has 0 spiro atoms. The van der Waals surface area contributed by atoms with Crippen molar-refractivity contribution in [3.05, 3.63) is 70.3 Å².